The third-order valence-electron chi connectivity index (χ3n) is 7.19. The molecule has 0 bridgehead atoms. The largest absolute Gasteiger partial charge is 0.480 e. The summed E-state index contributed by atoms with van der Waals surface area (Å²) >= 11 is 0. The summed E-state index contributed by atoms with van der Waals surface area (Å²) in [6.07, 6.45) is 5.16. The number of esters is 1. The molecule has 2 aliphatic rings. The van der Waals surface area contributed by atoms with Gasteiger partial charge in [-0.15, -0.1) is 0 Å². The number of carboxylic acid groups (broad SMARTS) is 2. The van der Waals surface area contributed by atoms with Crippen LogP contribution >= 0.6 is 43.2 Å². The zero-order chi connectivity index (χ0) is 33.2. The summed E-state index contributed by atoms with van der Waals surface area (Å²) in [5, 5.41) is 19.1. The second kappa shape index (κ2) is 22.3. The lowest BCUT2D eigenvalue weighted by molar-refractivity contribution is -0.149. The number of carboxylic acids is 2. The van der Waals surface area contributed by atoms with Crippen molar-refractivity contribution in [2.24, 2.45) is 11.8 Å². The Balaban J connectivity index is 0.00000474. The Bertz CT molecular complexity index is 925. The number of hydrogen-bond acceptors (Lipinski definition) is 10. The molecule has 0 aliphatic carbocycles. The highest BCUT2D eigenvalue weighted by molar-refractivity contribution is 8.78. The first-order valence-electron chi connectivity index (χ1n) is 15.7. The minimum Gasteiger partial charge on any atom is -0.480 e. The van der Waals surface area contributed by atoms with Crippen molar-refractivity contribution in [2.45, 2.75) is 116 Å². The van der Waals surface area contributed by atoms with E-state index in [9.17, 15) is 34.2 Å². The highest BCUT2D eigenvalue weighted by Crippen LogP contribution is 2.37. The van der Waals surface area contributed by atoms with Gasteiger partial charge in [0.05, 0.1) is 6.10 Å². The van der Waals surface area contributed by atoms with E-state index in [1.807, 2.05) is 41.5 Å². The maximum Gasteiger partial charge on any atom is 0.326 e. The van der Waals surface area contributed by atoms with E-state index in [1.165, 1.54) is 9.80 Å². The van der Waals surface area contributed by atoms with E-state index in [2.05, 4.69) is 0 Å². The molecule has 0 saturated carbocycles. The molecule has 2 saturated heterocycles. The van der Waals surface area contributed by atoms with Gasteiger partial charge in [-0.1, -0.05) is 77.3 Å². The number of nitrogens with zero attached hydrogens (tertiary/aromatic N) is 2. The van der Waals surface area contributed by atoms with Gasteiger partial charge in [0, 0.05) is 53.9 Å². The van der Waals surface area contributed by atoms with Crippen LogP contribution in [-0.2, 0) is 28.7 Å². The van der Waals surface area contributed by atoms with E-state index in [4.69, 9.17) is 4.74 Å². The summed E-state index contributed by atoms with van der Waals surface area (Å²) in [5.74, 6) is -0.879. The minimum absolute atomic E-state index is 0.107. The zero-order valence-electron chi connectivity index (χ0n) is 27.0. The van der Waals surface area contributed by atoms with E-state index in [1.54, 1.807) is 43.2 Å². The molecule has 14 heteroatoms. The van der Waals surface area contributed by atoms with Crippen molar-refractivity contribution in [3.63, 3.8) is 0 Å². The first-order chi connectivity index (χ1) is 20.9. The summed E-state index contributed by atoms with van der Waals surface area (Å²) in [4.78, 5) is 63.6. The van der Waals surface area contributed by atoms with Gasteiger partial charge in [0.25, 0.3) is 0 Å². The van der Waals surface area contributed by atoms with Gasteiger partial charge >= 0.3 is 17.9 Å². The Labute approximate surface area is 279 Å². The molecule has 2 N–H and O–H groups in total. The average Bonchev–Trinajstić information content (AvgIpc) is 3.67. The van der Waals surface area contributed by atoms with Gasteiger partial charge in [0.15, 0.2) is 0 Å². The lowest BCUT2D eigenvalue weighted by Crippen LogP contribution is -2.43. The van der Waals surface area contributed by atoms with Crippen LogP contribution in [0.2, 0.25) is 0 Å². The lowest BCUT2D eigenvalue weighted by atomic mass is 10.1. The van der Waals surface area contributed by atoms with Gasteiger partial charge in [0.1, 0.15) is 12.1 Å². The minimum atomic E-state index is -0.944. The number of likely N-dealkylation sites (tertiary alicyclic amines) is 2. The van der Waals surface area contributed by atoms with Crippen molar-refractivity contribution in [3.05, 3.63) is 0 Å². The van der Waals surface area contributed by atoms with Gasteiger partial charge in [-0.2, -0.15) is 0 Å². The molecule has 44 heavy (non-hydrogen) atoms. The van der Waals surface area contributed by atoms with Crippen LogP contribution in [0.4, 0.5) is 0 Å². The maximum absolute atomic E-state index is 12.9. The molecule has 10 nitrogen and oxygen atoms in total. The highest BCUT2D eigenvalue weighted by atomic mass is 33.1. The van der Waals surface area contributed by atoms with Crippen molar-refractivity contribution in [3.8, 4) is 0 Å². The number of carbonyl (C=O) groups is 5. The molecule has 2 amide bonds. The second-order valence-corrected chi connectivity index (χ2v) is 16.5. The van der Waals surface area contributed by atoms with Crippen molar-refractivity contribution in [1.82, 2.24) is 9.80 Å². The Morgan fingerprint density at radius 2 is 1.23 bits per heavy atom. The quantitative estimate of drug-likeness (QED) is 0.0919. The van der Waals surface area contributed by atoms with Gasteiger partial charge in [0.2, 0.25) is 11.8 Å². The van der Waals surface area contributed by atoms with E-state index in [0.717, 1.165) is 25.0 Å². The molecule has 0 radical (unpaired) electrons. The normalized spacial score (nSPS) is 20.1. The Morgan fingerprint density at radius 1 is 0.750 bits per heavy atom. The van der Waals surface area contributed by atoms with E-state index in [0.29, 0.717) is 56.7 Å². The fourth-order valence-electron chi connectivity index (χ4n) is 4.92. The monoisotopic (exact) mass is 696 g/mol. The molecule has 2 heterocycles. The standard InChI is InChI=1S/C28H46N2O8S4.C2H6/c1-18(2)38-24(31)12-6-5-9-21(42-41-16-20(4)26(33)30-14-8-11-23(30)28(36)37)17-40-39-15-19(3)25(32)29-13-7-10-22(29)27(34)35;1-2/h18-23H,5-17H2,1-4H3,(H,34,35)(H,36,37);1-2H3. The Kier molecular flexibility index (Phi) is 20.7. The zero-order valence-corrected chi connectivity index (χ0v) is 30.3. The van der Waals surface area contributed by atoms with Crippen molar-refractivity contribution in [2.75, 3.05) is 30.3 Å². The van der Waals surface area contributed by atoms with Gasteiger partial charge in [-0.25, -0.2) is 9.59 Å². The molecule has 5 unspecified atom stereocenters. The van der Waals surface area contributed by atoms with Gasteiger partial charge in [-0.3, -0.25) is 14.4 Å². The second-order valence-electron chi connectivity index (χ2n) is 11.2. The Morgan fingerprint density at radius 3 is 1.70 bits per heavy atom. The van der Waals surface area contributed by atoms with Crippen LogP contribution in [0.3, 0.4) is 0 Å². The van der Waals surface area contributed by atoms with Crippen LogP contribution in [0.15, 0.2) is 0 Å². The molecule has 0 aromatic heterocycles. The SMILES string of the molecule is CC.CC(C)OC(=O)CCCCC(CSSCC(C)C(=O)N1CCCC1C(=O)O)SSCC(C)C(=O)N1CCCC1C(=O)O. The van der Waals surface area contributed by atoms with Crippen molar-refractivity contribution in [1.29, 1.82) is 0 Å². The predicted octanol–water partition coefficient (Wildman–Crippen LogP) is 6.08. The number of amides is 2. The summed E-state index contributed by atoms with van der Waals surface area (Å²) in [5.41, 5.74) is 0. The third kappa shape index (κ3) is 14.5. The van der Waals surface area contributed by atoms with Crippen LogP contribution in [0.25, 0.3) is 0 Å². The highest BCUT2D eigenvalue weighted by Gasteiger charge is 2.37. The van der Waals surface area contributed by atoms with E-state index in [-0.39, 0.29) is 41.0 Å². The molecular formula is C30H52N2O8S4. The maximum atomic E-state index is 12.9. The van der Waals surface area contributed by atoms with Crippen molar-refractivity contribution >= 4 is 72.9 Å². The van der Waals surface area contributed by atoms with E-state index < -0.39 is 24.0 Å². The first kappa shape index (κ1) is 40.8. The first-order valence-corrected chi connectivity index (χ1v) is 20.6. The summed E-state index contributed by atoms with van der Waals surface area (Å²) in [6, 6.07) is -1.45. The summed E-state index contributed by atoms with van der Waals surface area (Å²) in [7, 11) is 6.63. The van der Waals surface area contributed by atoms with Gasteiger partial charge < -0.3 is 24.7 Å². The van der Waals surface area contributed by atoms with Crippen molar-refractivity contribution < 1.29 is 38.9 Å². The topological polar surface area (TPSA) is 142 Å². The number of hydrogen-bond donors (Lipinski definition) is 2. The fraction of sp³-hybridized carbons (Fsp3) is 0.833. The molecule has 5 atom stereocenters. The molecular weight excluding hydrogens is 645 g/mol. The van der Waals surface area contributed by atoms with E-state index >= 15 is 0 Å². The van der Waals surface area contributed by atoms with Crippen LogP contribution in [0.1, 0.15) is 92.9 Å². The molecule has 0 spiro atoms. The summed E-state index contributed by atoms with van der Waals surface area (Å²) < 4.78 is 5.22. The number of unbranched alkanes of at least 4 members (excludes halogenated alkanes) is 1. The van der Waals surface area contributed by atoms with Crippen LogP contribution in [0, 0.1) is 11.8 Å². The molecule has 2 aliphatic heterocycles. The number of carbonyl (C=O) groups excluding carboxylic acids is 3. The molecule has 2 rings (SSSR count). The average molecular weight is 697 g/mol. The fourth-order valence-corrected chi connectivity index (χ4v) is 11.2. The number of rotatable bonds is 19. The van der Waals surface area contributed by atoms with Crippen LogP contribution in [-0.4, -0.2) is 104 Å². The lowest BCUT2D eigenvalue weighted by Gasteiger charge is -2.25. The predicted molar refractivity (Wildman–Crippen MR) is 183 cm³/mol. The van der Waals surface area contributed by atoms with Crippen LogP contribution < -0.4 is 0 Å². The molecule has 0 aromatic carbocycles. The summed E-state index contributed by atoms with van der Waals surface area (Å²) in [6.45, 7) is 12.3. The van der Waals surface area contributed by atoms with Crippen LogP contribution in [0.5, 0.6) is 0 Å². The Hall–Kier alpha value is -1.25. The third-order valence-corrected chi connectivity index (χ3v) is 13.1. The number of aliphatic carboxylic acids is 2. The molecule has 254 valence electrons. The van der Waals surface area contributed by atoms with Gasteiger partial charge in [-0.05, 0) is 52.4 Å². The molecule has 2 fully saturated rings. The smallest absolute Gasteiger partial charge is 0.326 e. The molecule has 0 aromatic rings. The number of ether oxygens (including phenoxy) is 1.